The fraction of sp³-hybridized carbons (Fsp3) is 0.765. The van der Waals surface area contributed by atoms with Gasteiger partial charge in [-0.05, 0) is 25.7 Å². The Morgan fingerprint density at radius 2 is 1.92 bits per heavy atom. The molecule has 1 saturated heterocycles. The number of aromatic nitrogens is 2. The Morgan fingerprint density at radius 1 is 1.20 bits per heavy atom. The molecule has 1 aromatic rings. The van der Waals surface area contributed by atoms with Gasteiger partial charge >= 0.3 is 6.09 Å². The molecular weight excluding hydrogens is 324 g/mol. The maximum absolute atomic E-state index is 12.4. The van der Waals surface area contributed by atoms with Crippen LogP contribution in [0.2, 0.25) is 0 Å². The number of hydrogen-bond donors (Lipinski definition) is 0. The minimum Gasteiger partial charge on any atom is -0.449 e. The second-order valence-electron chi connectivity index (χ2n) is 6.78. The van der Waals surface area contributed by atoms with Crippen LogP contribution in [-0.4, -0.2) is 64.7 Å². The Kier molecular flexibility index (Phi) is 7.21. The number of amides is 2. The Hall–Kier alpha value is -2.12. The van der Waals surface area contributed by atoms with Crippen molar-refractivity contribution in [2.45, 2.75) is 46.5 Å². The number of aryl methyl sites for hydroxylation is 2. The van der Waals surface area contributed by atoms with Gasteiger partial charge in [0.2, 0.25) is 11.8 Å². The lowest BCUT2D eigenvalue weighted by Gasteiger charge is -2.22. The lowest BCUT2D eigenvalue weighted by atomic mass is 10.2. The fourth-order valence-electron chi connectivity index (χ4n) is 2.67. The first-order valence-electron chi connectivity index (χ1n) is 8.94. The van der Waals surface area contributed by atoms with E-state index in [9.17, 15) is 9.59 Å². The first-order valence-corrected chi connectivity index (χ1v) is 8.94. The summed E-state index contributed by atoms with van der Waals surface area (Å²) in [4.78, 5) is 32.1. The van der Waals surface area contributed by atoms with Crippen LogP contribution in [0.15, 0.2) is 4.52 Å². The van der Waals surface area contributed by atoms with E-state index in [1.54, 1.807) is 11.8 Å². The highest BCUT2D eigenvalue weighted by atomic mass is 16.6. The van der Waals surface area contributed by atoms with Gasteiger partial charge in [-0.3, -0.25) is 4.79 Å². The smallest absolute Gasteiger partial charge is 0.409 e. The minimum absolute atomic E-state index is 0.105. The topological polar surface area (TPSA) is 88.8 Å². The van der Waals surface area contributed by atoms with Crippen LogP contribution < -0.4 is 0 Å². The molecule has 0 spiro atoms. The highest BCUT2D eigenvalue weighted by molar-refractivity contribution is 5.76. The van der Waals surface area contributed by atoms with Gasteiger partial charge in [-0.1, -0.05) is 19.0 Å². The number of hydrogen-bond acceptors (Lipinski definition) is 6. The molecular formula is C17H28N4O4. The third kappa shape index (κ3) is 6.36. The molecule has 8 nitrogen and oxygen atoms in total. The normalized spacial score (nSPS) is 15.4. The molecule has 0 unspecified atom stereocenters. The van der Waals surface area contributed by atoms with Crippen molar-refractivity contribution in [1.29, 1.82) is 0 Å². The highest BCUT2D eigenvalue weighted by Gasteiger charge is 2.22. The minimum atomic E-state index is -0.283. The summed E-state index contributed by atoms with van der Waals surface area (Å²) in [5.74, 6) is 1.60. The van der Waals surface area contributed by atoms with Gasteiger partial charge in [0.05, 0.1) is 6.61 Å². The summed E-state index contributed by atoms with van der Waals surface area (Å²) in [6.45, 7) is 8.58. The number of carbonyl (C=O) groups is 2. The van der Waals surface area contributed by atoms with Crippen LogP contribution in [-0.2, 0) is 16.0 Å². The predicted octanol–water partition coefficient (Wildman–Crippen LogP) is 2.03. The SMILES string of the molecule is Cc1noc(CCCC(=O)N2CCCN(C(=O)OCC(C)C)CC2)n1. The van der Waals surface area contributed by atoms with E-state index in [0.29, 0.717) is 69.7 Å². The number of carbonyl (C=O) groups excluding carboxylic acids is 2. The van der Waals surface area contributed by atoms with Crippen LogP contribution in [0.5, 0.6) is 0 Å². The second kappa shape index (κ2) is 9.39. The van der Waals surface area contributed by atoms with Gasteiger partial charge in [0.1, 0.15) is 0 Å². The summed E-state index contributed by atoms with van der Waals surface area (Å²) in [5, 5.41) is 3.74. The molecule has 25 heavy (non-hydrogen) atoms. The molecule has 8 heteroatoms. The summed E-state index contributed by atoms with van der Waals surface area (Å²) >= 11 is 0. The van der Waals surface area contributed by atoms with Crippen LogP contribution in [0.1, 0.15) is 44.8 Å². The fourth-order valence-corrected chi connectivity index (χ4v) is 2.67. The molecule has 0 aromatic carbocycles. The summed E-state index contributed by atoms with van der Waals surface area (Å²) in [6, 6.07) is 0. The van der Waals surface area contributed by atoms with E-state index in [-0.39, 0.29) is 12.0 Å². The Balaban J connectivity index is 1.71. The van der Waals surface area contributed by atoms with Gasteiger partial charge in [-0.25, -0.2) is 4.79 Å². The molecule has 140 valence electrons. The maximum atomic E-state index is 12.4. The summed E-state index contributed by atoms with van der Waals surface area (Å²) in [5.41, 5.74) is 0. The van der Waals surface area contributed by atoms with Gasteiger partial charge in [0.15, 0.2) is 5.82 Å². The van der Waals surface area contributed by atoms with Crippen molar-refractivity contribution < 1.29 is 18.8 Å². The highest BCUT2D eigenvalue weighted by Crippen LogP contribution is 2.10. The molecule has 1 fully saturated rings. The van der Waals surface area contributed by atoms with Gasteiger partial charge in [-0.2, -0.15) is 4.98 Å². The third-order valence-corrected chi connectivity index (χ3v) is 4.00. The molecule has 2 rings (SSSR count). The largest absolute Gasteiger partial charge is 0.449 e. The van der Waals surface area contributed by atoms with Crippen molar-refractivity contribution in [3.63, 3.8) is 0 Å². The molecule has 1 aliphatic rings. The average Bonchev–Trinajstić information content (AvgIpc) is 2.84. The lowest BCUT2D eigenvalue weighted by molar-refractivity contribution is -0.131. The van der Waals surface area contributed by atoms with Crippen molar-refractivity contribution in [3.8, 4) is 0 Å². The standard InChI is InChI=1S/C17H28N4O4/c1-13(2)12-24-17(23)21-9-5-8-20(10-11-21)16(22)7-4-6-15-18-14(3)19-25-15/h13H,4-12H2,1-3H3. The number of ether oxygens (including phenoxy) is 1. The first-order chi connectivity index (χ1) is 12.0. The number of rotatable bonds is 6. The van der Waals surface area contributed by atoms with Gasteiger partial charge < -0.3 is 19.1 Å². The number of nitrogens with zero attached hydrogens (tertiary/aromatic N) is 4. The first kappa shape index (κ1) is 19.2. The van der Waals surface area contributed by atoms with Gasteiger partial charge in [-0.15, -0.1) is 0 Å². The van der Waals surface area contributed by atoms with Crippen molar-refractivity contribution in [1.82, 2.24) is 19.9 Å². The average molecular weight is 352 g/mol. The van der Waals surface area contributed by atoms with Crippen LogP contribution in [0.25, 0.3) is 0 Å². The lowest BCUT2D eigenvalue weighted by Crippen LogP contribution is -2.37. The van der Waals surface area contributed by atoms with Crippen molar-refractivity contribution >= 4 is 12.0 Å². The monoisotopic (exact) mass is 352 g/mol. The molecule has 0 N–H and O–H groups in total. The van der Waals surface area contributed by atoms with E-state index in [0.717, 1.165) is 6.42 Å². The van der Waals surface area contributed by atoms with Crippen molar-refractivity contribution in [3.05, 3.63) is 11.7 Å². The Labute approximate surface area is 148 Å². The molecule has 0 radical (unpaired) electrons. The van der Waals surface area contributed by atoms with Gasteiger partial charge in [0.25, 0.3) is 0 Å². The van der Waals surface area contributed by atoms with Crippen LogP contribution in [0, 0.1) is 12.8 Å². The molecule has 2 amide bonds. The molecule has 0 aliphatic carbocycles. The van der Waals surface area contributed by atoms with E-state index < -0.39 is 0 Å². The van der Waals surface area contributed by atoms with E-state index in [2.05, 4.69) is 10.1 Å². The van der Waals surface area contributed by atoms with Crippen LogP contribution >= 0.6 is 0 Å². The summed E-state index contributed by atoms with van der Waals surface area (Å²) in [7, 11) is 0. The third-order valence-electron chi connectivity index (χ3n) is 4.00. The Bertz CT molecular complexity index is 573. The molecule has 2 heterocycles. The van der Waals surface area contributed by atoms with E-state index >= 15 is 0 Å². The van der Waals surface area contributed by atoms with E-state index in [1.165, 1.54) is 0 Å². The van der Waals surface area contributed by atoms with Crippen molar-refractivity contribution in [2.24, 2.45) is 5.92 Å². The molecule has 0 saturated carbocycles. The van der Waals surface area contributed by atoms with Crippen LogP contribution in [0.3, 0.4) is 0 Å². The maximum Gasteiger partial charge on any atom is 0.409 e. The zero-order valence-electron chi connectivity index (χ0n) is 15.4. The van der Waals surface area contributed by atoms with E-state index in [4.69, 9.17) is 9.26 Å². The Morgan fingerprint density at radius 3 is 2.60 bits per heavy atom. The summed E-state index contributed by atoms with van der Waals surface area (Å²) < 4.78 is 10.3. The predicted molar refractivity (Wildman–Crippen MR) is 90.9 cm³/mol. The van der Waals surface area contributed by atoms with E-state index in [1.807, 2.05) is 18.7 Å². The van der Waals surface area contributed by atoms with Crippen LogP contribution in [0.4, 0.5) is 4.79 Å². The molecule has 0 bridgehead atoms. The quantitative estimate of drug-likeness (QED) is 0.778. The molecule has 1 aliphatic heterocycles. The van der Waals surface area contributed by atoms with Gasteiger partial charge in [0, 0.05) is 39.0 Å². The van der Waals surface area contributed by atoms with Crippen molar-refractivity contribution in [2.75, 3.05) is 32.8 Å². The molecule has 0 atom stereocenters. The second-order valence-corrected chi connectivity index (χ2v) is 6.78. The summed E-state index contributed by atoms with van der Waals surface area (Å²) in [6.07, 6.45) is 2.21. The zero-order chi connectivity index (χ0) is 18.2. The zero-order valence-corrected chi connectivity index (χ0v) is 15.4. The molecule has 1 aromatic heterocycles.